The Kier molecular flexibility index (Phi) is 15.8. The summed E-state index contributed by atoms with van der Waals surface area (Å²) in [6.07, 6.45) is 0. The molecule has 3 N–H and O–H groups in total. The Morgan fingerprint density at radius 3 is 1.20 bits per heavy atom. The van der Waals surface area contributed by atoms with Crippen LogP contribution in [0.2, 0.25) is 0 Å². The first kappa shape index (κ1) is 17.8. The zero-order chi connectivity index (χ0) is 8.08. The van der Waals surface area contributed by atoms with Gasteiger partial charge in [0.05, 0.1) is 0 Å². The van der Waals surface area contributed by atoms with E-state index in [4.69, 9.17) is 29.9 Å². The van der Waals surface area contributed by atoms with E-state index < -0.39 is 26.4 Å². The molecule has 7 nitrogen and oxygen atoms in total. The molecular formula is H3CaO7PTi. The summed E-state index contributed by atoms with van der Waals surface area (Å²) in [5.41, 5.74) is 0. The van der Waals surface area contributed by atoms with E-state index >= 15 is 0 Å². The van der Waals surface area contributed by atoms with E-state index in [-0.39, 0.29) is 37.7 Å². The van der Waals surface area contributed by atoms with Gasteiger partial charge in [0, 0.05) is 0 Å². The van der Waals surface area contributed by atoms with Gasteiger partial charge in [-0.3, -0.25) is 0 Å². The summed E-state index contributed by atoms with van der Waals surface area (Å²) in [5, 5.41) is 0. The van der Waals surface area contributed by atoms with Gasteiger partial charge in [-0.1, -0.05) is 0 Å². The van der Waals surface area contributed by atoms with Gasteiger partial charge >= 0.3 is 74.9 Å². The molecule has 0 rings (SSSR count). The summed E-state index contributed by atoms with van der Waals surface area (Å²) in [4.78, 5) is 21.6. The van der Waals surface area contributed by atoms with Gasteiger partial charge in [0.15, 0.2) is 0 Å². The Morgan fingerprint density at radius 2 is 1.20 bits per heavy atom. The fourth-order valence-electron chi connectivity index (χ4n) is 0. The topological polar surface area (TPSA) is 141 Å². The molecular weight excluding hydrogens is 231 g/mol. The molecule has 0 radical (unpaired) electrons. The molecule has 0 aromatic rings. The van der Waals surface area contributed by atoms with Crippen molar-refractivity contribution in [3.05, 3.63) is 0 Å². The minimum absolute atomic E-state index is 0. The van der Waals surface area contributed by atoms with Crippen LogP contribution in [0.5, 0.6) is 0 Å². The molecule has 0 unspecified atom stereocenters. The van der Waals surface area contributed by atoms with Gasteiger partial charge in [0.25, 0.3) is 0 Å². The van der Waals surface area contributed by atoms with Crippen LogP contribution < -0.4 is 7.38 Å². The molecule has 0 saturated carbocycles. The predicted octanol–water partition coefficient (Wildman–Crippen LogP) is -3.81. The van der Waals surface area contributed by atoms with Crippen LogP contribution in [-0.2, 0) is 26.5 Å². The molecule has 10 heavy (non-hydrogen) atoms. The molecule has 10 heteroatoms. The summed E-state index contributed by atoms with van der Waals surface area (Å²) < 4.78 is 34.6. The van der Waals surface area contributed by atoms with Gasteiger partial charge in [-0.15, -0.1) is 0 Å². The quantitative estimate of drug-likeness (QED) is 0.288. The molecule has 0 saturated heterocycles. The van der Waals surface area contributed by atoms with Gasteiger partial charge in [-0.05, 0) is 0 Å². The van der Waals surface area contributed by atoms with Crippen LogP contribution in [0.3, 0.4) is 0 Å². The maximum absolute atomic E-state index is 8.88. The van der Waals surface area contributed by atoms with Crippen molar-refractivity contribution in [1.82, 2.24) is 0 Å². The maximum atomic E-state index is 8.88. The summed E-state index contributed by atoms with van der Waals surface area (Å²) in [6, 6.07) is 0. The molecule has 0 atom stereocenters. The SMILES string of the molecule is O=P(O)(O)O.[Ca+2].[O]=[Ti]([O-])[O-]. The molecule has 0 heterocycles. The summed E-state index contributed by atoms with van der Waals surface area (Å²) in [6.45, 7) is 0. The van der Waals surface area contributed by atoms with Crippen molar-refractivity contribution in [3.8, 4) is 0 Å². The molecule has 0 aliphatic rings. The Balaban J connectivity index is -0.0000000910. The Labute approximate surface area is 93.0 Å². The van der Waals surface area contributed by atoms with Gasteiger partial charge < -0.3 is 14.7 Å². The predicted molar refractivity (Wildman–Crippen MR) is 20.7 cm³/mol. The van der Waals surface area contributed by atoms with E-state index in [1.807, 2.05) is 0 Å². The molecule has 0 bridgehead atoms. The van der Waals surface area contributed by atoms with Crippen molar-refractivity contribution in [2.45, 2.75) is 0 Å². The normalized spacial score (nSPS) is 8.50. The van der Waals surface area contributed by atoms with E-state index in [2.05, 4.69) is 0 Å². The molecule has 0 aromatic heterocycles. The van der Waals surface area contributed by atoms with Crippen LogP contribution in [0, 0.1) is 0 Å². The zero-order valence-corrected chi connectivity index (χ0v) is 9.29. The monoisotopic (exact) mass is 234 g/mol. The molecule has 0 aliphatic heterocycles. The summed E-state index contributed by atoms with van der Waals surface area (Å²) in [5.74, 6) is 0. The molecule has 56 valence electrons. The third-order valence-electron chi connectivity index (χ3n) is 0. The van der Waals surface area contributed by atoms with E-state index in [0.29, 0.717) is 0 Å². The van der Waals surface area contributed by atoms with E-state index in [1.165, 1.54) is 0 Å². The van der Waals surface area contributed by atoms with Crippen molar-refractivity contribution >= 4 is 45.6 Å². The van der Waals surface area contributed by atoms with Crippen LogP contribution in [-0.4, -0.2) is 52.4 Å². The second kappa shape index (κ2) is 8.90. The Hall–Kier alpha value is 1.80. The van der Waals surface area contributed by atoms with Crippen LogP contribution in [0.4, 0.5) is 0 Å². The Morgan fingerprint density at radius 1 is 1.20 bits per heavy atom. The third-order valence-corrected chi connectivity index (χ3v) is 0. The standard InChI is InChI=1S/Ca.H3O4P.3O.Ti/c;1-5(2,3)4;;;;/h;(H3,1,2,3,4);;;;/q+2;;;2*-1;. The fourth-order valence-corrected chi connectivity index (χ4v) is 0. The average Bonchev–Trinajstić information content (AvgIpc) is 1.19. The van der Waals surface area contributed by atoms with E-state index in [0.717, 1.165) is 0 Å². The van der Waals surface area contributed by atoms with Gasteiger partial charge in [0.2, 0.25) is 0 Å². The number of phosphoric acid groups is 1. The van der Waals surface area contributed by atoms with Crippen molar-refractivity contribution in [2.75, 3.05) is 0 Å². The zero-order valence-electron chi connectivity index (χ0n) is 4.63. The molecule has 0 aromatic carbocycles. The van der Waals surface area contributed by atoms with Crippen LogP contribution in [0.25, 0.3) is 0 Å². The number of rotatable bonds is 0. The third kappa shape index (κ3) is 233. The molecule has 0 amide bonds. The summed E-state index contributed by atoms with van der Waals surface area (Å²) >= 11 is -4.08. The molecule has 0 aliphatic carbocycles. The second-order valence-electron chi connectivity index (χ2n) is 0.763. The molecule has 0 fully saturated rings. The van der Waals surface area contributed by atoms with Gasteiger partial charge in [-0.25, -0.2) is 4.57 Å². The number of hydrogen-bond donors (Lipinski definition) is 3. The van der Waals surface area contributed by atoms with Crippen molar-refractivity contribution < 1.29 is 48.6 Å². The van der Waals surface area contributed by atoms with Crippen molar-refractivity contribution in [3.63, 3.8) is 0 Å². The first-order valence-corrected chi connectivity index (χ1v) is 4.87. The second-order valence-corrected chi connectivity index (χ2v) is 2.57. The average molecular weight is 234 g/mol. The van der Waals surface area contributed by atoms with Crippen molar-refractivity contribution in [1.29, 1.82) is 0 Å². The fraction of sp³-hybridized carbons (Fsp3) is 0. The van der Waals surface area contributed by atoms with Crippen molar-refractivity contribution in [2.24, 2.45) is 0 Å². The minimum atomic E-state index is -4.64. The first-order chi connectivity index (χ1) is 3.73. The first-order valence-electron chi connectivity index (χ1n) is 1.39. The number of hydrogen-bond acceptors (Lipinski definition) is 4. The summed E-state index contributed by atoms with van der Waals surface area (Å²) in [7, 11) is -4.64. The van der Waals surface area contributed by atoms with E-state index in [1.54, 1.807) is 0 Å². The molecule has 0 spiro atoms. The van der Waals surface area contributed by atoms with Gasteiger partial charge in [0.1, 0.15) is 0 Å². The Bertz CT molecular complexity index is 113. The van der Waals surface area contributed by atoms with Gasteiger partial charge in [-0.2, -0.15) is 0 Å². The van der Waals surface area contributed by atoms with Crippen LogP contribution in [0.15, 0.2) is 0 Å². The van der Waals surface area contributed by atoms with Crippen LogP contribution >= 0.6 is 7.82 Å². The van der Waals surface area contributed by atoms with Crippen LogP contribution in [0.1, 0.15) is 0 Å². The van der Waals surface area contributed by atoms with E-state index in [9.17, 15) is 0 Å².